The van der Waals surface area contributed by atoms with Crippen LogP contribution in [0.15, 0.2) is 42.5 Å². The van der Waals surface area contributed by atoms with E-state index in [1.807, 2.05) is 32.3 Å². The van der Waals surface area contributed by atoms with Gasteiger partial charge in [0.15, 0.2) is 11.5 Å². The number of hydrogen-bond donors (Lipinski definition) is 1. The summed E-state index contributed by atoms with van der Waals surface area (Å²) in [6, 6.07) is 14.3. The first-order chi connectivity index (χ1) is 9.74. The number of ether oxygens (including phenoxy) is 2. The van der Waals surface area contributed by atoms with Crippen molar-refractivity contribution in [3.05, 3.63) is 48.0 Å². The second kappa shape index (κ2) is 5.33. The second-order valence-electron chi connectivity index (χ2n) is 4.95. The number of para-hydroxylation sites is 1. The number of rotatable bonds is 4. The van der Waals surface area contributed by atoms with Gasteiger partial charge in [-0.2, -0.15) is 0 Å². The summed E-state index contributed by atoms with van der Waals surface area (Å²) in [5.41, 5.74) is 3.37. The van der Waals surface area contributed by atoms with Gasteiger partial charge in [-0.1, -0.05) is 18.2 Å². The fourth-order valence-corrected chi connectivity index (χ4v) is 2.22. The van der Waals surface area contributed by atoms with Crippen LogP contribution in [0.25, 0.3) is 0 Å². The van der Waals surface area contributed by atoms with Crippen molar-refractivity contribution >= 4 is 11.4 Å². The highest BCUT2D eigenvalue weighted by molar-refractivity contribution is 5.58. The van der Waals surface area contributed by atoms with Gasteiger partial charge >= 0.3 is 0 Å². The smallest absolute Gasteiger partial charge is 0.231 e. The summed E-state index contributed by atoms with van der Waals surface area (Å²) < 4.78 is 10.9. The van der Waals surface area contributed by atoms with Crippen molar-refractivity contribution < 1.29 is 9.47 Å². The van der Waals surface area contributed by atoms with E-state index in [2.05, 4.69) is 34.5 Å². The third-order valence-electron chi connectivity index (χ3n) is 3.32. The Hall–Kier alpha value is -2.36. The zero-order valence-corrected chi connectivity index (χ0v) is 11.7. The van der Waals surface area contributed by atoms with Gasteiger partial charge in [-0.3, -0.25) is 0 Å². The van der Waals surface area contributed by atoms with Crippen molar-refractivity contribution in [1.82, 2.24) is 0 Å². The molecule has 0 unspecified atom stereocenters. The van der Waals surface area contributed by atoms with Crippen molar-refractivity contribution in [1.29, 1.82) is 0 Å². The third-order valence-corrected chi connectivity index (χ3v) is 3.32. The number of nitrogens with one attached hydrogen (secondary N) is 1. The molecule has 1 aliphatic heterocycles. The molecule has 0 atom stereocenters. The predicted molar refractivity (Wildman–Crippen MR) is 80.7 cm³/mol. The summed E-state index contributed by atoms with van der Waals surface area (Å²) in [6.45, 7) is 1.02. The van der Waals surface area contributed by atoms with Gasteiger partial charge in [0.25, 0.3) is 0 Å². The molecule has 3 rings (SSSR count). The fourth-order valence-electron chi connectivity index (χ4n) is 2.22. The van der Waals surface area contributed by atoms with Crippen LogP contribution in [-0.2, 0) is 6.54 Å². The minimum Gasteiger partial charge on any atom is -0.454 e. The summed E-state index contributed by atoms with van der Waals surface area (Å²) in [4.78, 5) is 2.09. The lowest BCUT2D eigenvalue weighted by Gasteiger charge is -2.14. The van der Waals surface area contributed by atoms with E-state index in [9.17, 15) is 0 Å². The van der Waals surface area contributed by atoms with Gasteiger partial charge in [0.05, 0.1) is 0 Å². The standard InChI is InChI=1S/C16H18N2O2/c1-18(2)14-7-4-6-13(9-14)17-10-12-5-3-8-15-16(12)20-11-19-15/h3-9,17H,10-11H2,1-2H3. The summed E-state index contributed by atoms with van der Waals surface area (Å²) in [5.74, 6) is 1.68. The monoisotopic (exact) mass is 270 g/mol. The van der Waals surface area contributed by atoms with E-state index in [-0.39, 0.29) is 0 Å². The number of hydrogen-bond acceptors (Lipinski definition) is 4. The van der Waals surface area contributed by atoms with Crippen LogP contribution in [0.5, 0.6) is 11.5 Å². The molecule has 0 amide bonds. The van der Waals surface area contributed by atoms with Crippen LogP contribution in [0.3, 0.4) is 0 Å². The van der Waals surface area contributed by atoms with E-state index < -0.39 is 0 Å². The van der Waals surface area contributed by atoms with Crippen molar-refractivity contribution in [3.63, 3.8) is 0 Å². The molecule has 104 valence electrons. The van der Waals surface area contributed by atoms with Gasteiger partial charge < -0.3 is 19.7 Å². The molecule has 0 radical (unpaired) electrons. The van der Waals surface area contributed by atoms with E-state index in [0.29, 0.717) is 13.3 Å². The molecule has 0 saturated heterocycles. The predicted octanol–water partition coefficient (Wildman–Crippen LogP) is 3.09. The summed E-state index contributed by atoms with van der Waals surface area (Å²) in [7, 11) is 4.07. The van der Waals surface area contributed by atoms with Crippen LogP contribution in [0.2, 0.25) is 0 Å². The SMILES string of the molecule is CN(C)c1cccc(NCc2cccc3c2OCO3)c1. The average molecular weight is 270 g/mol. The Morgan fingerprint density at radius 2 is 1.95 bits per heavy atom. The molecule has 2 aromatic rings. The lowest BCUT2D eigenvalue weighted by atomic mass is 10.2. The van der Waals surface area contributed by atoms with E-state index in [0.717, 1.165) is 22.7 Å². The van der Waals surface area contributed by atoms with Crippen molar-refractivity contribution in [2.24, 2.45) is 0 Å². The molecule has 1 N–H and O–H groups in total. The number of nitrogens with zero attached hydrogens (tertiary/aromatic N) is 1. The van der Waals surface area contributed by atoms with Gasteiger partial charge in [0, 0.05) is 37.6 Å². The summed E-state index contributed by atoms with van der Waals surface area (Å²) in [5, 5.41) is 3.42. The third kappa shape index (κ3) is 2.50. The molecule has 1 aliphatic rings. The van der Waals surface area contributed by atoms with Crippen molar-refractivity contribution in [3.8, 4) is 11.5 Å². The Morgan fingerprint density at radius 3 is 2.80 bits per heavy atom. The number of anilines is 2. The molecule has 0 fully saturated rings. The number of fused-ring (bicyclic) bond motifs is 1. The Morgan fingerprint density at radius 1 is 1.10 bits per heavy atom. The molecule has 0 saturated carbocycles. The molecule has 4 nitrogen and oxygen atoms in total. The maximum Gasteiger partial charge on any atom is 0.231 e. The Balaban J connectivity index is 1.74. The molecule has 0 aliphatic carbocycles. The second-order valence-corrected chi connectivity index (χ2v) is 4.95. The molecular weight excluding hydrogens is 252 g/mol. The highest BCUT2D eigenvalue weighted by atomic mass is 16.7. The van der Waals surface area contributed by atoms with Gasteiger partial charge in [0.2, 0.25) is 6.79 Å². The fraction of sp³-hybridized carbons (Fsp3) is 0.250. The van der Waals surface area contributed by atoms with Crippen LogP contribution in [0, 0.1) is 0 Å². The highest BCUT2D eigenvalue weighted by Gasteiger charge is 2.16. The van der Waals surface area contributed by atoms with Crippen molar-refractivity contribution in [2.45, 2.75) is 6.54 Å². The van der Waals surface area contributed by atoms with E-state index in [1.54, 1.807) is 0 Å². The van der Waals surface area contributed by atoms with Gasteiger partial charge in [-0.05, 0) is 24.3 Å². The topological polar surface area (TPSA) is 33.7 Å². The quantitative estimate of drug-likeness (QED) is 0.925. The normalized spacial score (nSPS) is 12.3. The lowest BCUT2D eigenvalue weighted by molar-refractivity contribution is 0.173. The molecule has 0 bridgehead atoms. The molecular formula is C16H18N2O2. The van der Waals surface area contributed by atoms with Crippen LogP contribution < -0.4 is 19.7 Å². The largest absolute Gasteiger partial charge is 0.454 e. The maximum atomic E-state index is 5.51. The Bertz CT molecular complexity index is 611. The van der Waals surface area contributed by atoms with Gasteiger partial charge in [-0.15, -0.1) is 0 Å². The first-order valence-electron chi connectivity index (χ1n) is 6.63. The Kier molecular flexibility index (Phi) is 3.37. The molecule has 20 heavy (non-hydrogen) atoms. The van der Waals surface area contributed by atoms with Crippen LogP contribution in [0.4, 0.5) is 11.4 Å². The first-order valence-corrected chi connectivity index (χ1v) is 6.63. The summed E-state index contributed by atoms with van der Waals surface area (Å²) in [6.07, 6.45) is 0. The molecule has 1 heterocycles. The minimum atomic E-state index is 0.308. The zero-order chi connectivity index (χ0) is 13.9. The van der Waals surface area contributed by atoms with Crippen LogP contribution in [-0.4, -0.2) is 20.9 Å². The Labute approximate surface area is 118 Å². The van der Waals surface area contributed by atoms with E-state index in [4.69, 9.17) is 9.47 Å². The van der Waals surface area contributed by atoms with Gasteiger partial charge in [0.1, 0.15) is 0 Å². The zero-order valence-electron chi connectivity index (χ0n) is 11.7. The van der Waals surface area contributed by atoms with E-state index >= 15 is 0 Å². The first kappa shape index (κ1) is 12.7. The van der Waals surface area contributed by atoms with Gasteiger partial charge in [-0.25, -0.2) is 0 Å². The van der Waals surface area contributed by atoms with Crippen molar-refractivity contribution in [2.75, 3.05) is 31.1 Å². The van der Waals surface area contributed by atoms with Crippen LogP contribution in [0.1, 0.15) is 5.56 Å². The van der Waals surface area contributed by atoms with E-state index in [1.165, 1.54) is 5.69 Å². The molecule has 2 aromatic carbocycles. The lowest BCUT2D eigenvalue weighted by Crippen LogP contribution is -2.09. The van der Waals surface area contributed by atoms with Crippen LogP contribution >= 0.6 is 0 Å². The molecule has 4 heteroatoms. The highest BCUT2D eigenvalue weighted by Crippen LogP contribution is 2.35. The maximum absolute atomic E-state index is 5.51. The minimum absolute atomic E-state index is 0.308. The number of benzene rings is 2. The molecule has 0 spiro atoms. The molecule has 0 aromatic heterocycles. The average Bonchev–Trinajstić information content (AvgIpc) is 2.94. The summed E-state index contributed by atoms with van der Waals surface area (Å²) >= 11 is 0.